The third kappa shape index (κ3) is 14.9. The van der Waals surface area contributed by atoms with E-state index in [1.807, 2.05) is 0 Å². The van der Waals surface area contributed by atoms with Gasteiger partial charge in [-0.3, -0.25) is 0 Å². The molecule has 0 atom stereocenters. The van der Waals surface area contributed by atoms with Crippen LogP contribution in [-0.4, -0.2) is 17.1 Å². The number of hydrogen-bond donors (Lipinski definition) is 0. The largest absolute Gasteiger partial charge is 0.381 e. The number of hydrogen-bond acceptors (Lipinski definition) is 1. The highest BCUT2D eigenvalue weighted by atomic mass is 127. The molecule has 0 rings (SSSR count). The van der Waals surface area contributed by atoms with Gasteiger partial charge < -0.3 is 4.74 Å². The normalized spacial score (nSPS) is 11.5. The molecule has 0 saturated carbocycles. The standard InChI is InChI=1S/C8H14I4O/c9-7(10)3-1-5-13-6-2-4-8(11)12/h7-8H,1-6H2. The average molecular weight is 634 g/mol. The van der Waals surface area contributed by atoms with E-state index in [9.17, 15) is 0 Å². The van der Waals surface area contributed by atoms with E-state index >= 15 is 0 Å². The van der Waals surface area contributed by atoms with Crippen LogP contribution in [0.2, 0.25) is 0 Å². The first-order chi connectivity index (χ1) is 6.13. The molecule has 0 aliphatic carbocycles. The Kier molecular flexibility index (Phi) is 13.9. The highest BCUT2D eigenvalue weighted by Gasteiger charge is 1.98. The highest BCUT2D eigenvalue weighted by Crippen LogP contribution is 2.17. The summed E-state index contributed by atoms with van der Waals surface area (Å²) in [5, 5.41) is 0. The minimum atomic E-state index is 0.756. The van der Waals surface area contributed by atoms with Crippen LogP contribution >= 0.6 is 90.4 Å². The van der Waals surface area contributed by atoms with Crippen molar-refractivity contribution in [3.63, 3.8) is 0 Å². The Morgan fingerprint density at radius 3 is 1.46 bits per heavy atom. The smallest absolute Gasteiger partial charge is 0.0627 e. The van der Waals surface area contributed by atoms with Crippen molar-refractivity contribution >= 4 is 90.4 Å². The van der Waals surface area contributed by atoms with Crippen LogP contribution in [0.4, 0.5) is 0 Å². The minimum Gasteiger partial charge on any atom is -0.381 e. The van der Waals surface area contributed by atoms with Crippen LogP contribution < -0.4 is 0 Å². The molecular weight excluding hydrogens is 620 g/mol. The molecular formula is C8H14I4O. The SMILES string of the molecule is IC(I)CCCOCCCC(I)I. The third-order valence-corrected chi connectivity index (χ3v) is 3.91. The summed E-state index contributed by atoms with van der Waals surface area (Å²) in [6, 6.07) is 0. The van der Waals surface area contributed by atoms with Gasteiger partial charge in [-0.1, -0.05) is 90.4 Å². The first-order valence-electron chi connectivity index (χ1n) is 4.27. The number of ether oxygens (including phenoxy) is 1. The van der Waals surface area contributed by atoms with Gasteiger partial charge in [-0.15, -0.1) is 0 Å². The maximum Gasteiger partial charge on any atom is 0.0627 e. The summed E-state index contributed by atoms with van der Waals surface area (Å²) >= 11 is 9.79. The van der Waals surface area contributed by atoms with Crippen molar-refractivity contribution in [3.8, 4) is 0 Å². The Hall–Kier alpha value is 2.88. The van der Waals surface area contributed by atoms with Gasteiger partial charge in [0.25, 0.3) is 0 Å². The summed E-state index contributed by atoms with van der Waals surface area (Å²) in [6.07, 6.45) is 4.94. The van der Waals surface area contributed by atoms with Gasteiger partial charge in [0, 0.05) is 13.2 Å². The molecule has 0 spiro atoms. The van der Waals surface area contributed by atoms with Crippen LogP contribution in [0.15, 0.2) is 0 Å². The molecule has 0 amide bonds. The monoisotopic (exact) mass is 634 g/mol. The van der Waals surface area contributed by atoms with Gasteiger partial charge >= 0.3 is 0 Å². The van der Waals surface area contributed by atoms with Crippen molar-refractivity contribution in [3.05, 3.63) is 0 Å². The number of rotatable bonds is 8. The molecule has 0 aromatic carbocycles. The van der Waals surface area contributed by atoms with E-state index in [0.29, 0.717) is 0 Å². The lowest BCUT2D eigenvalue weighted by molar-refractivity contribution is 0.129. The second-order valence-electron chi connectivity index (χ2n) is 2.68. The van der Waals surface area contributed by atoms with Crippen LogP contribution in [-0.2, 0) is 4.74 Å². The van der Waals surface area contributed by atoms with E-state index in [2.05, 4.69) is 90.4 Å². The fourth-order valence-corrected chi connectivity index (χ4v) is 2.54. The molecule has 1 nitrogen and oxygen atoms in total. The molecule has 0 radical (unpaired) electrons. The highest BCUT2D eigenvalue weighted by molar-refractivity contribution is 14.2. The maximum absolute atomic E-state index is 5.52. The van der Waals surface area contributed by atoms with Gasteiger partial charge in [0.1, 0.15) is 0 Å². The molecule has 0 fully saturated rings. The van der Waals surface area contributed by atoms with E-state index in [1.54, 1.807) is 0 Å². The molecule has 5 heteroatoms. The zero-order valence-electron chi connectivity index (χ0n) is 7.32. The van der Waals surface area contributed by atoms with Crippen LogP contribution in [0.1, 0.15) is 25.7 Å². The Labute approximate surface area is 135 Å². The lowest BCUT2D eigenvalue weighted by Crippen LogP contribution is -1.99. The molecule has 0 aliphatic rings. The van der Waals surface area contributed by atoms with E-state index in [-0.39, 0.29) is 0 Å². The van der Waals surface area contributed by atoms with E-state index < -0.39 is 0 Å². The van der Waals surface area contributed by atoms with Crippen molar-refractivity contribution in [2.45, 2.75) is 29.5 Å². The maximum atomic E-state index is 5.52. The summed E-state index contributed by atoms with van der Waals surface area (Å²) in [6.45, 7) is 1.88. The van der Waals surface area contributed by atoms with Gasteiger partial charge in [-0.2, -0.15) is 0 Å². The third-order valence-electron chi connectivity index (χ3n) is 1.42. The lowest BCUT2D eigenvalue weighted by atomic mass is 10.3. The van der Waals surface area contributed by atoms with Crippen molar-refractivity contribution in [2.24, 2.45) is 0 Å². The predicted molar refractivity (Wildman–Crippen MR) is 92.9 cm³/mol. The summed E-state index contributed by atoms with van der Waals surface area (Å²) in [4.78, 5) is 0. The molecule has 0 unspecified atom stereocenters. The molecule has 13 heavy (non-hydrogen) atoms. The van der Waals surface area contributed by atoms with Gasteiger partial charge in [0.05, 0.1) is 3.86 Å². The van der Waals surface area contributed by atoms with E-state index in [4.69, 9.17) is 4.74 Å². The molecule has 80 valence electrons. The second-order valence-corrected chi connectivity index (χ2v) is 13.5. The van der Waals surface area contributed by atoms with Crippen LogP contribution in [0.25, 0.3) is 0 Å². The van der Waals surface area contributed by atoms with E-state index in [1.165, 1.54) is 25.7 Å². The van der Waals surface area contributed by atoms with Gasteiger partial charge in [0.15, 0.2) is 0 Å². The second kappa shape index (κ2) is 11.4. The fraction of sp³-hybridized carbons (Fsp3) is 1.00. The molecule has 0 aromatic heterocycles. The molecule has 0 N–H and O–H groups in total. The predicted octanol–water partition coefficient (Wildman–Crippen LogP) is 4.96. The van der Waals surface area contributed by atoms with Gasteiger partial charge in [0.2, 0.25) is 0 Å². The minimum absolute atomic E-state index is 0.756. The van der Waals surface area contributed by atoms with Crippen LogP contribution in [0.3, 0.4) is 0 Å². The first-order valence-corrected chi connectivity index (χ1v) is 9.25. The lowest BCUT2D eigenvalue weighted by Gasteiger charge is -2.05. The van der Waals surface area contributed by atoms with E-state index in [0.717, 1.165) is 17.1 Å². The van der Waals surface area contributed by atoms with Crippen molar-refractivity contribution in [1.29, 1.82) is 0 Å². The number of alkyl halides is 4. The zero-order chi connectivity index (χ0) is 10.1. The summed E-state index contributed by atoms with van der Waals surface area (Å²) in [5.41, 5.74) is 0. The Morgan fingerprint density at radius 2 is 1.15 bits per heavy atom. The molecule has 0 bridgehead atoms. The Balaban J connectivity index is 2.92. The quantitative estimate of drug-likeness (QED) is 0.209. The summed E-state index contributed by atoms with van der Waals surface area (Å²) in [7, 11) is 0. The molecule has 0 saturated heterocycles. The number of halogens is 4. The summed E-state index contributed by atoms with van der Waals surface area (Å²) in [5.74, 6) is 0. The fourth-order valence-electron chi connectivity index (χ4n) is 0.781. The molecule has 0 aromatic rings. The summed E-state index contributed by atoms with van der Waals surface area (Å²) < 4.78 is 7.03. The molecule has 0 heterocycles. The van der Waals surface area contributed by atoms with Crippen LogP contribution in [0.5, 0.6) is 0 Å². The Morgan fingerprint density at radius 1 is 0.769 bits per heavy atom. The zero-order valence-corrected chi connectivity index (χ0v) is 15.9. The molecule has 0 aliphatic heterocycles. The van der Waals surface area contributed by atoms with Crippen molar-refractivity contribution in [1.82, 2.24) is 0 Å². The first kappa shape index (κ1) is 15.9. The Bertz CT molecular complexity index is 96.3. The van der Waals surface area contributed by atoms with Gasteiger partial charge in [-0.05, 0) is 25.7 Å². The van der Waals surface area contributed by atoms with Crippen molar-refractivity contribution in [2.75, 3.05) is 13.2 Å². The van der Waals surface area contributed by atoms with Crippen molar-refractivity contribution < 1.29 is 4.74 Å². The average Bonchev–Trinajstić information content (AvgIpc) is 2.01. The topological polar surface area (TPSA) is 9.23 Å². The van der Waals surface area contributed by atoms with Crippen LogP contribution in [0, 0.1) is 0 Å². The van der Waals surface area contributed by atoms with Gasteiger partial charge in [-0.25, -0.2) is 0 Å².